The third-order valence-corrected chi connectivity index (χ3v) is 7.46. The maximum absolute atomic E-state index is 14.1. The summed E-state index contributed by atoms with van der Waals surface area (Å²) in [6.45, 7) is 2.57. The van der Waals surface area contributed by atoms with Gasteiger partial charge in [0.15, 0.2) is 5.16 Å². The van der Waals surface area contributed by atoms with Crippen LogP contribution in [0.5, 0.6) is 0 Å². The molecule has 0 N–H and O–H groups in total. The molecule has 35 heavy (non-hydrogen) atoms. The Morgan fingerprint density at radius 2 is 1.80 bits per heavy atom. The molecule has 5 rings (SSSR count). The minimum absolute atomic E-state index is 0.0508. The fraction of sp³-hybridized carbons (Fsp3) is 0.423. The first-order valence-electron chi connectivity index (χ1n) is 12.2. The molecule has 1 aliphatic heterocycles. The van der Waals surface area contributed by atoms with Crippen molar-refractivity contribution in [2.75, 3.05) is 41.9 Å². The van der Waals surface area contributed by atoms with E-state index in [1.54, 1.807) is 6.07 Å². The van der Waals surface area contributed by atoms with Crippen molar-refractivity contribution in [3.05, 3.63) is 60.4 Å². The molecule has 1 aliphatic carbocycles. The standard InChI is InChI=1S/C26H30FN5O2S/c27-20-8-7-13-23(18-20)32-25(30-14-16-34-17-15-30)28-29-26(32)35-19-24(33)31(21-9-3-1-4-10-21)22-11-5-2-6-12-22/h1,3-4,7-10,13,18,22H,2,5-6,11-12,14-17,19H2. The van der Waals surface area contributed by atoms with E-state index in [2.05, 4.69) is 15.1 Å². The van der Waals surface area contributed by atoms with E-state index >= 15 is 0 Å². The minimum Gasteiger partial charge on any atom is -0.378 e. The number of carbonyl (C=O) groups excluding carboxylic acids is 1. The fourth-order valence-electron chi connectivity index (χ4n) is 4.85. The Kier molecular flexibility index (Phi) is 7.63. The van der Waals surface area contributed by atoms with Gasteiger partial charge in [0.1, 0.15) is 5.82 Å². The van der Waals surface area contributed by atoms with E-state index in [4.69, 9.17) is 4.74 Å². The molecule has 1 aromatic heterocycles. The number of anilines is 2. The van der Waals surface area contributed by atoms with Crippen molar-refractivity contribution in [2.24, 2.45) is 0 Å². The zero-order valence-electron chi connectivity index (χ0n) is 19.7. The van der Waals surface area contributed by atoms with Gasteiger partial charge >= 0.3 is 0 Å². The van der Waals surface area contributed by atoms with Gasteiger partial charge in [-0.05, 0) is 43.2 Å². The third-order valence-electron chi connectivity index (χ3n) is 6.54. The number of amides is 1. The highest BCUT2D eigenvalue weighted by Gasteiger charge is 2.28. The van der Waals surface area contributed by atoms with Gasteiger partial charge in [-0.15, -0.1) is 10.2 Å². The second kappa shape index (κ2) is 11.2. The molecule has 0 radical (unpaired) electrons. The third kappa shape index (κ3) is 5.51. The lowest BCUT2D eigenvalue weighted by molar-refractivity contribution is -0.116. The number of rotatable bonds is 7. The Labute approximate surface area is 209 Å². The van der Waals surface area contributed by atoms with Crippen molar-refractivity contribution in [1.82, 2.24) is 14.8 Å². The normalized spacial score (nSPS) is 16.9. The molecular weight excluding hydrogens is 465 g/mol. The Morgan fingerprint density at radius 3 is 2.54 bits per heavy atom. The van der Waals surface area contributed by atoms with Gasteiger partial charge in [-0.25, -0.2) is 4.39 Å². The number of halogens is 1. The van der Waals surface area contributed by atoms with E-state index in [1.807, 2.05) is 45.9 Å². The number of aromatic nitrogens is 3. The van der Waals surface area contributed by atoms with Gasteiger partial charge in [-0.1, -0.05) is 55.3 Å². The second-order valence-electron chi connectivity index (χ2n) is 8.88. The summed E-state index contributed by atoms with van der Waals surface area (Å²) in [5, 5.41) is 9.42. The lowest BCUT2D eigenvalue weighted by Gasteiger charge is -2.34. The average Bonchev–Trinajstić information content (AvgIpc) is 3.33. The molecule has 1 saturated heterocycles. The van der Waals surface area contributed by atoms with E-state index in [-0.39, 0.29) is 23.5 Å². The lowest BCUT2D eigenvalue weighted by atomic mass is 9.93. The summed E-state index contributed by atoms with van der Waals surface area (Å²) in [6, 6.07) is 16.5. The van der Waals surface area contributed by atoms with Crippen LogP contribution < -0.4 is 9.80 Å². The Bertz CT molecular complexity index is 1130. The molecule has 0 spiro atoms. The van der Waals surface area contributed by atoms with Gasteiger partial charge < -0.3 is 14.5 Å². The fourth-order valence-corrected chi connectivity index (χ4v) is 5.65. The van der Waals surface area contributed by atoms with Gasteiger partial charge in [0.2, 0.25) is 11.9 Å². The number of thioether (sulfide) groups is 1. The van der Waals surface area contributed by atoms with Crippen molar-refractivity contribution in [3.63, 3.8) is 0 Å². The molecule has 0 unspecified atom stereocenters. The number of morpholine rings is 1. The van der Waals surface area contributed by atoms with Crippen LogP contribution in [0.25, 0.3) is 5.69 Å². The van der Waals surface area contributed by atoms with Gasteiger partial charge in [0.05, 0.1) is 24.7 Å². The van der Waals surface area contributed by atoms with Crippen molar-refractivity contribution in [1.29, 1.82) is 0 Å². The van der Waals surface area contributed by atoms with Crippen molar-refractivity contribution in [3.8, 4) is 5.69 Å². The van der Waals surface area contributed by atoms with Crippen molar-refractivity contribution >= 4 is 29.3 Å². The second-order valence-corrected chi connectivity index (χ2v) is 9.82. The molecule has 3 aromatic rings. The van der Waals surface area contributed by atoms with Crippen LogP contribution in [0.3, 0.4) is 0 Å². The first kappa shape index (κ1) is 23.8. The highest BCUT2D eigenvalue weighted by molar-refractivity contribution is 7.99. The number of ether oxygens (including phenoxy) is 1. The average molecular weight is 496 g/mol. The molecule has 9 heteroatoms. The van der Waals surface area contributed by atoms with Gasteiger partial charge in [-0.2, -0.15) is 0 Å². The zero-order valence-corrected chi connectivity index (χ0v) is 20.5. The van der Waals surface area contributed by atoms with Crippen LogP contribution in [0.1, 0.15) is 32.1 Å². The van der Waals surface area contributed by atoms with Crippen LogP contribution in [-0.4, -0.2) is 58.8 Å². The first-order chi connectivity index (χ1) is 17.2. The van der Waals surface area contributed by atoms with Crippen molar-refractivity contribution < 1.29 is 13.9 Å². The summed E-state index contributed by atoms with van der Waals surface area (Å²) < 4.78 is 21.5. The van der Waals surface area contributed by atoms with E-state index in [0.29, 0.717) is 43.1 Å². The summed E-state index contributed by atoms with van der Waals surface area (Å²) >= 11 is 1.35. The van der Waals surface area contributed by atoms with E-state index in [1.165, 1.54) is 30.3 Å². The van der Waals surface area contributed by atoms with E-state index in [0.717, 1.165) is 31.4 Å². The number of benzene rings is 2. The SMILES string of the molecule is O=C(CSc1nnc(N2CCOCC2)n1-c1cccc(F)c1)N(c1ccccc1)C1CCCCC1. The Hall–Kier alpha value is -2.91. The number of carbonyl (C=O) groups is 1. The quantitative estimate of drug-likeness (QED) is 0.443. The summed E-state index contributed by atoms with van der Waals surface area (Å²) in [7, 11) is 0. The summed E-state index contributed by atoms with van der Waals surface area (Å²) in [5.41, 5.74) is 1.57. The smallest absolute Gasteiger partial charge is 0.237 e. The van der Waals surface area contributed by atoms with Crippen LogP contribution >= 0.6 is 11.8 Å². The van der Waals surface area contributed by atoms with Crippen LogP contribution in [0.4, 0.5) is 16.0 Å². The van der Waals surface area contributed by atoms with Crippen LogP contribution in [0, 0.1) is 5.82 Å². The maximum atomic E-state index is 14.1. The largest absolute Gasteiger partial charge is 0.378 e. The first-order valence-corrected chi connectivity index (χ1v) is 13.2. The zero-order chi connectivity index (χ0) is 24.0. The van der Waals surface area contributed by atoms with Gasteiger partial charge in [0, 0.05) is 24.8 Å². The monoisotopic (exact) mass is 495 g/mol. The molecule has 2 fully saturated rings. The highest BCUT2D eigenvalue weighted by Crippen LogP contribution is 2.31. The number of nitrogens with zero attached hydrogens (tertiary/aromatic N) is 5. The molecule has 2 heterocycles. The predicted octanol–water partition coefficient (Wildman–Crippen LogP) is 4.70. The molecule has 2 aliphatic rings. The van der Waals surface area contributed by atoms with Crippen LogP contribution in [0.15, 0.2) is 59.8 Å². The topological polar surface area (TPSA) is 63.5 Å². The van der Waals surface area contributed by atoms with E-state index in [9.17, 15) is 9.18 Å². The van der Waals surface area contributed by atoms with Crippen molar-refractivity contribution in [2.45, 2.75) is 43.3 Å². The summed E-state index contributed by atoms with van der Waals surface area (Å²) in [5.74, 6) is 0.585. The van der Waals surface area contributed by atoms with E-state index < -0.39 is 0 Å². The number of hydrogen-bond acceptors (Lipinski definition) is 6. The van der Waals surface area contributed by atoms with Crippen LogP contribution in [0.2, 0.25) is 0 Å². The van der Waals surface area contributed by atoms with Crippen LogP contribution in [-0.2, 0) is 9.53 Å². The summed E-state index contributed by atoms with van der Waals surface area (Å²) in [4.78, 5) is 17.6. The molecule has 184 valence electrons. The highest BCUT2D eigenvalue weighted by atomic mass is 32.2. The molecule has 0 atom stereocenters. The Morgan fingerprint density at radius 1 is 1.03 bits per heavy atom. The molecule has 2 aromatic carbocycles. The van der Waals surface area contributed by atoms with Gasteiger partial charge in [0.25, 0.3) is 0 Å². The molecule has 1 amide bonds. The molecular formula is C26H30FN5O2S. The maximum Gasteiger partial charge on any atom is 0.237 e. The number of hydrogen-bond donors (Lipinski definition) is 0. The molecule has 0 bridgehead atoms. The van der Waals surface area contributed by atoms with Gasteiger partial charge in [-0.3, -0.25) is 9.36 Å². The Balaban J connectivity index is 1.41. The lowest BCUT2D eigenvalue weighted by Crippen LogP contribution is -2.42. The molecule has 7 nitrogen and oxygen atoms in total. The molecule has 1 saturated carbocycles. The number of para-hydroxylation sites is 1. The predicted molar refractivity (Wildman–Crippen MR) is 136 cm³/mol. The minimum atomic E-state index is -0.330. The summed E-state index contributed by atoms with van der Waals surface area (Å²) in [6.07, 6.45) is 5.55.